The number of para-hydroxylation sites is 1. The molecule has 5 nitrogen and oxygen atoms in total. The summed E-state index contributed by atoms with van der Waals surface area (Å²) in [4.78, 5) is 28.5. The number of anilines is 1. The number of benzene rings is 1. The average molecular weight is 299 g/mol. The Kier molecular flexibility index (Phi) is 4.75. The monoisotopic (exact) mass is 299 g/mol. The Bertz CT molecular complexity index is 763. The van der Waals surface area contributed by atoms with Gasteiger partial charge in [0.2, 0.25) is 5.91 Å². The highest BCUT2D eigenvalue weighted by atomic mass is 16.2. The van der Waals surface area contributed by atoms with E-state index in [1.807, 2.05) is 32.0 Å². The van der Waals surface area contributed by atoms with Crippen LogP contribution >= 0.6 is 0 Å². The Hall–Kier alpha value is -2.43. The van der Waals surface area contributed by atoms with Crippen LogP contribution in [0.25, 0.3) is 0 Å². The summed E-state index contributed by atoms with van der Waals surface area (Å²) in [5, 5.41) is 2.92. The van der Waals surface area contributed by atoms with E-state index < -0.39 is 0 Å². The van der Waals surface area contributed by atoms with E-state index in [1.165, 1.54) is 10.6 Å². The zero-order valence-corrected chi connectivity index (χ0v) is 13.4. The maximum atomic E-state index is 12.3. The zero-order chi connectivity index (χ0) is 16.3. The Balaban J connectivity index is 2.24. The van der Waals surface area contributed by atoms with E-state index in [0.717, 1.165) is 23.2 Å². The van der Waals surface area contributed by atoms with Crippen molar-refractivity contribution in [2.24, 2.45) is 0 Å². The lowest BCUT2D eigenvalue weighted by Crippen LogP contribution is -2.30. The fourth-order valence-corrected chi connectivity index (χ4v) is 2.48. The van der Waals surface area contributed by atoms with Gasteiger partial charge in [-0.25, -0.2) is 4.98 Å². The average Bonchev–Trinajstić information content (AvgIpc) is 2.45. The number of amides is 1. The summed E-state index contributed by atoms with van der Waals surface area (Å²) in [7, 11) is 0. The molecule has 1 N–H and O–H groups in total. The third kappa shape index (κ3) is 3.42. The lowest BCUT2D eigenvalue weighted by molar-refractivity contribution is -0.116. The molecule has 1 heterocycles. The van der Waals surface area contributed by atoms with Crippen molar-refractivity contribution in [3.05, 3.63) is 57.3 Å². The van der Waals surface area contributed by atoms with E-state index in [2.05, 4.69) is 10.3 Å². The number of aromatic nitrogens is 2. The van der Waals surface area contributed by atoms with Crippen LogP contribution < -0.4 is 10.9 Å². The predicted molar refractivity (Wildman–Crippen MR) is 87.2 cm³/mol. The molecule has 1 aromatic heterocycles. The molecule has 0 unspecified atom stereocenters. The van der Waals surface area contributed by atoms with E-state index >= 15 is 0 Å². The first-order valence-electron chi connectivity index (χ1n) is 7.35. The minimum absolute atomic E-state index is 0.0323. The van der Waals surface area contributed by atoms with E-state index in [4.69, 9.17) is 0 Å². The van der Waals surface area contributed by atoms with Crippen molar-refractivity contribution in [2.75, 3.05) is 5.32 Å². The molecule has 1 amide bonds. The standard InChI is InChI=1S/C17H21N3O2/c1-5-14-8-6-7-11(2)17(14)19-15(21)10-20-13(4)18-12(3)9-16(20)22/h6-9H,5,10H2,1-4H3,(H,19,21). The largest absolute Gasteiger partial charge is 0.324 e. The zero-order valence-electron chi connectivity index (χ0n) is 13.4. The van der Waals surface area contributed by atoms with Crippen molar-refractivity contribution in [1.29, 1.82) is 0 Å². The maximum Gasteiger partial charge on any atom is 0.254 e. The number of rotatable bonds is 4. The predicted octanol–water partition coefficient (Wildman–Crippen LogP) is 2.37. The van der Waals surface area contributed by atoms with Crippen LogP contribution in [0.1, 0.15) is 29.6 Å². The van der Waals surface area contributed by atoms with Crippen LogP contribution in [0, 0.1) is 20.8 Å². The van der Waals surface area contributed by atoms with Gasteiger partial charge in [-0.15, -0.1) is 0 Å². The Morgan fingerprint density at radius 1 is 1.27 bits per heavy atom. The first kappa shape index (κ1) is 15.9. The van der Waals surface area contributed by atoms with Gasteiger partial charge in [0.1, 0.15) is 12.4 Å². The minimum Gasteiger partial charge on any atom is -0.324 e. The van der Waals surface area contributed by atoms with E-state index in [-0.39, 0.29) is 18.0 Å². The molecule has 0 bridgehead atoms. The lowest BCUT2D eigenvalue weighted by Gasteiger charge is -2.14. The van der Waals surface area contributed by atoms with Crippen LogP contribution in [-0.4, -0.2) is 15.5 Å². The van der Waals surface area contributed by atoms with Gasteiger partial charge in [-0.1, -0.05) is 25.1 Å². The molecule has 0 saturated heterocycles. The maximum absolute atomic E-state index is 12.3. The molecular weight excluding hydrogens is 278 g/mol. The van der Waals surface area contributed by atoms with Gasteiger partial charge in [-0.05, 0) is 38.3 Å². The number of aryl methyl sites for hydroxylation is 4. The summed E-state index contributed by atoms with van der Waals surface area (Å²) in [6.07, 6.45) is 0.836. The van der Waals surface area contributed by atoms with Crippen molar-refractivity contribution < 1.29 is 4.79 Å². The minimum atomic E-state index is -0.222. The van der Waals surface area contributed by atoms with E-state index in [9.17, 15) is 9.59 Å². The summed E-state index contributed by atoms with van der Waals surface area (Å²) in [6.45, 7) is 7.46. The van der Waals surface area contributed by atoms with Crippen molar-refractivity contribution in [2.45, 2.75) is 40.7 Å². The molecule has 0 aliphatic rings. The fourth-order valence-electron chi connectivity index (χ4n) is 2.48. The van der Waals surface area contributed by atoms with Crippen molar-refractivity contribution >= 4 is 11.6 Å². The second-order valence-corrected chi connectivity index (χ2v) is 5.38. The van der Waals surface area contributed by atoms with Crippen LogP contribution in [0.2, 0.25) is 0 Å². The number of nitrogens with zero attached hydrogens (tertiary/aromatic N) is 2. The van der Waals surface area contributed by atoms with Gasteiger partial charge in [0.15, 0.2) is 0 Å². The summed E-state index contributed by atoms with van der Waals surface area (Å²) < 4.78 is 1.38. The fraction of sp³-hybridized carbons (Fsp3) is 0.353. The second kappa shape index (κ2) is 6.56. The molecule has 2 rings (SSSR count). The SMILES string of the molecule is CCc1cccc(C)c1NC(=O)Cn1c(C)nc(C)cc1=O. The van der Waals surface area contributed by atoms with Gasteiger partial charge in [0.05, 0.1) is 0 Å². The summed E-state index contributed by atoms with van der Waals surface area (Å²) in [5.41, 5.74) is 3.38. The highest BCUT2D eigenvalue weighted by Crippen LogP contribution is 2.21. The van der Waals surface area contributed by atoms with Gasteiger partial charge < -0.3 is 5.32 Å². The van der Waals surface area contributed by atoms with Gasteiger partial charge in [-0.2, -0.15) is 0 Å². The van der Waals surface area contributed by atoms with E-state index in [0.29, 0.717) is 11.5 Å². The first-order chi connectivity index (χ1) is 10.4. The molecule has 116 valence electrons. The molecule has 22 heavy (non-hydrogen) atoms. The molecule has 0 spiro atoms. The molecule has 0 fully saturated rings. The second-order valence-electron chi connectivity index (χ2n) is 5.38. The van der Waals surface area contributed by atoms with Crippen LogP contribution in [0.3, 0.4) is 0 Å². The molecule has 0 saturated carbocycles. The Morgan fingerprint density at radius 3 is 2.64 bits per heavy atom. The van der Waals surface area contributed by atoms with Crippen molar-refractivity contribution in [3.8, 4) is 0 Å². The van der Waals surface area contributed by atoms with Crippen LogP contribution in [0.5, 0.6) is 0 Å². The molecule has 5 heteroatoms. The Morgan fingerprint density at radius 2 is 2.00 bits per heavy atom. The van der Waals surface area contributed by atoms with Crippen molar-refractivity contribution in [1.82, 2.24) is 9.55 Å². The smallest absolute Gasteiger partial charge is 0.254 e. The number of hydrogen-bond acceptors (Lipinski definition) is 3. The Labute approximate surface area is 130 Å². The molecule has 0 radical (unpaired) electrons. The molecule has 1 aromatic carbocycles. The first-order valence-corrected chi connectivity index (χ1v) is 7.35. The lowest BCUT2D eigenvalue weighted by atomic mass is 10.1. The van der Waals surface area contributed by atoms with Crippen LogP contribution in [-0.2, 0) is 17.8 Å². The highest BCUT2D eigenvalue weighted by molar-refractivity contribution is 5.92. The molecule has 0 aliphatic heterocycles. The van der Waals surface area contributed by atoms with Gasteiger partial charge in [0.25, 0.3) is 5.56 Å². The molecule has 2 aromatic rings. The molecule has 0 atom stereocenters. The molecular formula is C17H21N3O2. The van der Waals surface area contributed by atoms with Crippen LogP contribution in [0.15, 0.2) is 29.1 Å². The van der Waals surface area contributed by atoms with E-state index in [1.54, 1.807) is 13.8 Å². The summed E-state index contributed by atoms with van der Waals surface area (Å²) in [5.74, 6) is 0.320. The summed E-state index contributed by atoms with van der Waals surface area (Å²) >= 11 is 0. The third-order valence-electron chi connectivity index (χ3n) is 3.63. The number of hydrogen-bond donors (Lipinski definition) is 1. The molecule has 0 aliphatic carbocycles. The quantitative estimate of drug-likeness (QED) is 0.942. The van der Waals surface area contributed by atoms with Crippen molar-refractivity contribution in [3.63, 3.8) is 0 Å². The number of carbonyl (C=O) groups excluding carboxylic acids is 1. The highest BCUT2D eigenvalue weighted by Gasteiger charge is 2.11. The number of carbonyl (C=O) groups is 1. The van der Waals surface area contributed by atoms with Gasteiger partial charge >= 0.3 is 0 Å². The third-order valence-corrected chi connectivity index (χ3v) is 3.63. The van der Waals surface area contributed by atoms with Gasteiger partial charge in [-0.3, -0.25) is 14.2 Å². The summed E-state index contributed by atoms with van der Waals surface area (Å²) in [6, 6.07) is 7.36. The van der Waals surface area contributed by atoms with Gasteiger partial charge in [0, 0.05) is 17.4 Å². The number of nitrogens with one attached hydrogen (secondary N) is 1. The normalized spacial score (nSPS) is 10.5. The topological polar surface area (TPSA) is 64.0 Å². The van der Waals surface area contributed by atoms with Crippen LogP contribution in [0.4, 0.5) is 5.69 Å².